The van der Waals surface area contributed by atoms with Crippen molar-refractivity contribution in [1.82, 2.24) is 30.3 Å². The predicted molar refractivity (Wildman–Crippen MR) is 85.6 cm³/mol. The van der Waals surface area contributed by atoms with Gasteiger partial charge in [-0.25, -0.2) is 17.8 Å². The number of hydrogen-bond donors (Lipinski definition) is 3. The second-order valence-electron chi connectivity index (χ2n) is 5.93. The smallest absolute Gasteiger partial charge is 0.273 e. The molecule has 10 heteroatoms. The Morgan fingerprint density at radius 1 is 1.52 bits per heavy atom. The van der Waals surface area contributed by atoms with Crippen molar-refractivity contribution in [2.75, 3.05) is 25.4 Å². The summed E-state index contributed by atoms with van der Waals surface area (Å²) in [6, 6.07) is 0.0353. The van der Waals surface area contributed by atoms with Crippen molar-refractivity contribution in [2.45, 2.75) is 38.8 Å². The number of carbonyl (C=O) groups excluding carboxylic acids is 1. The van der Waals surface area contributed by atoms with E-state index in [4.69, 9.17) is 0 Å². The van der Waals surface area contributed by atoms with Crippen LogP contribution in [0.25, 0.3) is 0 Å². The van der Waals surface area contributed by atoms with Crippen molar-refractivity contribution in [3.05, 3.63) is 11.9 Å². The molecule has 1 atom stereocenters. The summed E-state index contributed by atoms with van der Waals surface area (Å²) in [7, 11) is -3.38. The fourth-order valence-corrected chi connectivity index (χ4v) is 3.63. The maximum Gasteiger partial charge on any atom is 0.273 e. The Balaban J connectivity index is 1.83. The molecule has 9 nitrogen and oxygen atoms in total. The molecule has 0 bridgehead atoms. The molecule has 0 radical (unpaired) electrons. The van der Waals surface area contributed by atoms with Crippen LogP contribution in [-0.4, -0.2) is 60.7 Å². The molecule has 1 amide bonds. The Bertz CT molecular complexity index is 621. The van der Waals surface area contributed by atoms with Crippen molar-refractivity contribution in [3.8, 4) is 0 Å². The molecule has 1 unspecified atom stereocenters. The zero-order valence-electron chi connectivity index (χ0n) is 13.4. The van der Waals surface area contributed by atoms with Gasteiger partial charge in [0, 0.05) is 19.1 Å². The molecule has 23 heavy (non-hydrogen) atoms. The fourth-order valence-electron chi connectivity index (χ4n) is 2.43. The first kappa shape index (κ1) is 17.8. The van der Waals surface area contributed by atoms with E-state index in [-0.39, 0.29) is 30.1 Å². The average molecular weight is 344 g/mol. The van der Waals surface area contributed by atoms with Crippen LogP contribution in [0.2, 0.25) is 0 Å². The first-order valence-corrected chi connectivity index (χ1v) is 9.43. The lowest BCUT2D eigenvalue weighted by Crippen LogP contribution is -2.37. The highest BCUT2D eigenvalue weighted by Crippen LogP contribution is 2.15. The van der Waals surface area contributed by atoms with Crippen molar-refractivity contribution < 1.29 is 13.2 Å². The Labute approximate surface area is 136 Å². The van der Waals surface area contributed by atoms with Crippen LogP contribution in [0.4, 0.5) is 0 Å². The molecule has 0 spiro atoms. The van der Waals surface area contributed by atoms with Crippen LogP contribution in [0.5, 0.6) is 0 Å². The van der Waals surface area contributed by atoms with Gasteiger partial charge in [-0.3, -0.25) is 4.79 Å². The number of nitrogens with zero attached hydrogens (tertiary/aromatic N) is 3. The van der Waals surface area contributed by atoms with Gasteiger partial charge in [-0.15, -0.1) is 5.10 Å². The monoisotopic (exact) mass is 344 g/mol. The Kier molecular flexibility index (Phi) is 6.08. The Morgan fingerprint density at radius 2 is 2.30 bits per heavy atom. The molecule has 2 heterocycles. The molecule has 130 valence electrons. The molecule has 1 aliphatic rings. The van der Waals surface area contributed by atoms with E-state index in [1.54, 1.807) is 24.7 Å². The lowest BCUT2D eigenvalue weighted by atomic mass is 10.1. The maximum absolute atomic E-state index is 12.0. The van der Waals surface area contributed by atoms with Gasteiger partial charge >= 0.3 is 0 Å². The molecule has 0 aromatic carbocycles. The van der Waals surface area contributed by atoms with Crippen molar-refractivity contribution >= 4 is 15.9 Å². The minimum atomic E-state index is -3.38. The number of nitrogens with one attached hydrogen (secondary N) is 3. The van der Waals surface area contributed by atoms with Gasteiger partial charge in [0.1, 0.15) is 0 Å². The normalized spacial score (nSPS) is 19.0. The van der Waals surface area contributed by atoms with Gasteiger partial charge in [0.05, 0.1) is 18.0 Å². The number of carbonyl (C=O) groups is 1. The SMILES string of the molecule is CC(C)NS(=O)(=O)CCNC(=O)c1cn(C2CCCNC2)nn1. The summed E-state index contributed by atoms with van der Waals surface area (Å²) < 4.78 is 27.5. The first-order valence-electron chi connectivity index (χ1n) is 7.78. The zero-order chi connectivity index (χ0) is 16.9. The van der Waals surface area contributed by atoms with E-state index in [1.165, 1.54) is 0 Å². The van der Waals surface area contributed by atoms with Gasteiger partial charge in [0.25, 0.3) is 5.91 Å². The predicted octanol–water partition coefficient (Wildman–Crippen LogP) is -0.740. The van der Waals surface area contributed by atoms with Crippen molar-refractivity contribution in [2.24, 2.45) is 0 Å². The fraction of sp³-hybridized carbons (Fsp3) is 0.769. The number of piperidine rings is 1. The van der Waals surface area contributed by atoms with Gasteiger partial charge in [-0.2, -0.15) is 0 Å². The average Bonchev–Trinajstić information content (AvgIpc) is 2.96. The van der Waals surface area contributed by atoms with Crippen LogP contribution < -0.4 is 15.4 Å². The summed E-state index contributed by atoms with van der Waals surface area (Å²) in [5.74, 6) is -0.586. The topological polar surface area (TPSA) is 118 Å². The summed E-state index contributed by atoms with van der Waals surface area (Å²) in [6.45, 7) is 5.32. The molecule has 0 aliphatic carbocycles. The minimum absolute atomic E-state index is 0.0265. The third-order valence-electron chi connectivity index (χ3n) is 3.46. The van der Waals surface area contributed by atoms with Gasteiger partial charge in [0.15, 0.2) is 5.69 Å². The van der Waals surface area contributed by atoms with E-state index < -0.39 is 15.9 Å². The summed E-state index contributed by atoms with van der Waals surface area (Å²) in [4.78, 5) is 12.0. The molecule has 1 fully saturated rings. The quantitative estimate of drug-likeness (QED) is 0.600. The van der Waals surface area contributed by atoms with Crippen LogP contribution in [0.1, 0.15) is 43.2 Å². The molecular weight excluding hydrogens is 320 g/mol. The minimum Gasteiger partial charge on any atom is -0.350 e. The van der Waals surface area contributed by atoms with E-state index >= 15 is 0 Å². The summed E-state index contributed by atoms with van der Waals surface area (Å²) in [5.41, 5.74) is 0.199. The Hall–Kier alpha value is -1.52. The number of hydrogen-bond acceptors (Lipinski definition) is 6. The molecule has 2 rings (SSSR count). The largest absolute Gasteiger partial charge is 0.350 e. The van der Waals surface area contributed by atoms with Crippen LogP contribution in [-0.2, 0) is 10.0 Å². The Morgan fingerprint density at radius 3 is 2.96 bits per heavy atom. The highest BCUT2D eigenvalue weighted by molar-refractivity contribution is 7.89. The van der Waals surface area contributed by atoms with Crippen LogP contribution >= 0.6 is 0 Å². The number of rotatable bonds is 7. The molecule has 1 aromatic heterocycles. The van der Waals surface area contributed by atoms with Gasteiger partial charge in [-0.05, 0) is 33.2 Å². The second-order valence-corrected chi connectivity index (χ2v) is 7.80. The molecule has 3 N–H and O–H groups in total. The van der Waals surface area contributed by atoms with E-state index in [2.05, 4.69) is 25.7 Å². The highest BCUT2D eigenvalue weighted by Gasteiger charge is 2.19. The number of amides is 1. The third kappa shape index (κ3) is 5.56. The summed E-state index contributed by atoms with van der Waals surface area (Å²) >= 11 is 0. The maximum atomic E-state index is 12.0. The highest BCUT2D eigenvalue weighted by atomic mass is 32.2. The lowest BCUT2D eigenvalue weighted by Gasteiger charge is -2.22. The van der Waals surface area contributed by atoms with E-state index in [0.717, 1.165) is 25.9 Å². The van der Waals surface area contributed by atoms with E-state index in [9.17, 15) is 13.2 Å². The van der Waals surface area contributed by atoms with E-state index in [1.807, 2.05) is 0 Å². The summed E-state index contributed by atoms with van der Waals surface area (Å²) in [6.07, 6.45) is 3.66. The standard InChI is InChI=1S/C13H24N6O3S/c1-10(2)17-23(21,22)7-6-15-13(20)12-9-19(18-16-12)11-4-3-5-14-8-11/h9-11,14,17H,3-8H2,1-2H3,(H,15,20). The second kappa shape index (κ2) is 7.84. The van der Waals surface area contributed by atoms with E-state index in [0.29, 0.717) is 0 Å². The van der Waals surface area contributed by atoms with Crippen LogP contribution in [0.3, 0.4) is 0 Å². The van der Waals surface area contributed by atoms with Crippen molar-refractivity contribution in [3.63, 3.8) is 0 Å². The van der Waals surface area contributed by atoms with Crippen LogP contribution in [0, 0.1) is 0 Å². The summed E-state index contributed by atoms with van der Waals surface area (Å²) in [5, 5.41) is 13.7. The number of sulfonamides is 1. The van der Waals surface area contributed by atoms with Crippen molar-refractivity contribution in [1.29, 1.82) is 0 Å². The van der Waals surface area contributed by atoms with Gasteiger partial charge in [0.2, 0.25) is 10.0 Å². The molecule has 1 aliphatic heterocycles. The molecule has 1 aromatic rings. The van der Waals surface area contributed by atoms with Gasteiger partial charge < -0.3 is 10.6 Å². The number of aromatic nitrogens is 3. The third-order valence-corrected chi connectivity index (χ3v) is 5.03. The first-order chi connectivity index (χ1) is 10.9. The van der Waals surface area contributed by atoms with Crippen LogP contribution in [0.15, 0.2) is 6.20 Å². The molecule has 1 saturated heterocycles. The lowest BCUT2D eigenvalue weighted by molar-refractivity contribution is 0.0951. The van der Waals surface area contributed by atoms with Gasteiger partial charge in [-0.1, -0.05) is 5.21 Å². The molecule has 0 saturated carbocycles. The molecular formula is C13H24N6O3S. The zero-order valence-corrected chi connectivity index (χ0v) is 14.3.